The highest BCUT2D eigenvalue weighted by Gasteiger charge is 2.23. The number of ketones is 1. The third-order valence-electron chi connectivity index (χ3n) is 5.81. The molecule has 0 saturated carbocycles. The largest absolute Gasteiger partial charge is 0.495 e. The molecule has 178 valence electrons. The maximum Gasteiger partial charge on any atom is 0.247 e. The van der Waals surface area contributed by atoms with E-state index in [2.05, 4.69) is 50.3 Å². The summed E-state index contributed by atoms with van der Waals surface area (Å²) < 4.78 is 5.65. The molecular formula is C24H28N6O3S. The molecule has 4 rings (SSSR count). The number of likely N-dealkylation sites (N-methyl/N-ethyl adjacent to an activating group) is 1. The fraction of sp³-hybridized carbons (Fsp3) is 0.333. The Morgan fingerprint density at radius 1 is 1.18 bits per heavy atom. The van der Waals surface area contributed by atoms with Crippen LogP contribution in [0.15, 0.2) is 60.1 Å². The number of hydrogen-bond donors (Lipinski definition) is 2. The number of nitrogens with one attached hydrogen (secondary N) is 2. The van der Waals surface area contributed by atoms with Crippen molar-refractivity contribution >= 4 is 33.8 Å². The smallest absolute Gasteiger partial charge is 0.247 e. The highest BCUT2D eigenvalue weighted by Crippen LogP contribution is 2.30. The van der Waals surface area contributed by atoms with Crippen molar-refractivity contribution in [3.05, 3.63) is 70.7 Å². The molecule has 1 aromatic carbocycles. The van der Waals surface area contributed by atoms with E-state index in [0.717, 1.165) is 50.5 Å². The van der Waals surface area contributed by atoms with Crippen molar-refractivity contribution in [2.45, 2.75) is 12.8 Å². The maximum absolute atomic E-state index is 12.9. The number of hydrogen-bond acceptors (Lipinski definition) is 9. The zero-order valence-electron chi connectivity index (χ0n) is 19.3. The van der Waals surface area contributed by atoms with Crippen molar-refractivity contribution in [1.29, 1.82) is 0 Å². The van der Waals surface area contributed by atoms with Gasteiger partial charge >= 0.3 is 0 Å². The molecule has 1 amide bonds. The van der Waals surface area contributed by atoms with Gasteiger partial charge in [0.15, 0.2) is 5.01 Å². The van der Waals surface area contributed by atoms with Crippen LogP contribution in [0.25, 0.3) is 0 Å². The van der Waals surface area contributed by atoms with E-state index in [0.29, 0.717) is 16.4 Å². The molecule has 0 unspecified atom stereocenters. The van der Waals surface area contributed by atoms with Gasteiger partial charge in [0, 0.05) is 49.2 Å². The predicted octanol–water partition coefficient (Wildman–Crippen LogP) is 3.09. The van der Waals surface area contributed by atoms with Crippen LogP contribution >= 0.6 is 11.3 Å². The molecule has 1 aliphatic heterocycles. The van der Waals surface area contributed by atoms with Crippen molar-refractivity contribution < 1.29 is 14.3 Å². The minimum absolute atomic E-state index is 0.262. The number of benzene rings is 1. The molecule has 2 aromatic rings. The second-order valence-electron chi connectivity index (χ2n) is 8.11. The van der Waals surface area contributed by atoms with Crippen LogP contribution < -0.4 is 10.6 Å². The Morgan fingerprint density at radius 3 is 2.71 bits per heavy atom. The molecule has 1 aromatic heterocycles. The van der Waals surface area contributed by atoms with E-state index in [4.69, 9.17) is 4.74 Å². The van der Waals surface area contributed by atoms with Gasteiger partial charge in [-0.3, -0.25) is 9.59 Å². The van der Waals surface area contributed by atoms with Gasteiger partial charge in [-0.1, -0.05) is 30.0 Å². The molecule has 1 fully saturated rings. The summed E-state index contributed by atoms with van der Waals surface area (Å²) in [5.41, 5.74) is 3.13. The zero-order chi connectivity index (χ0) is 24.1. The second kappa shape index (κ2) is 10.6. The van der Waals surface area contributed by atoms with E-state index in [1.165, 1.54) is 23.1 Å². The molecule has 0 radical (unpaired) electrons. The van der Waals surface area contributed by atoms with Gasteiger partial charge in [-0.05, 0) is 38.1 Å². The van der Waals surface area contributed by atoms with Gasteiger partial charge < -0.3 is 25.2 Å². The van der Waals surface area contributed by atoms with Crippen LogP contribution in [0.5, 0.6) is 0 Å². The number of ether oxygens (including phenoxy) is 1. The van der Waals surface area contributed by atoms with Crippen LogP contribution in [-0.2, 0) is 9.53 Å². The minimum Gasteiger partial charge on any atom is -0.495 e. The van der Waals surface area contributed by atoms with Crippen LogP contribution in [0.1, 0.15) is 28.2 Å². The summed E-state index contributed by atoms with van der Waals surface area (Å²) in [7, 11) is 3.81. The summed E-state index contributed by atoms with van der Waals surface area (Å²) in [5, 5.41) is 15.0. The number of anilines is 2. The number of allylic oxidation sites excluding steroid dienone is 3. The summed E-state index contributed by atoms with van der Waals surface area (Å²) in [6, 6.07) is 6.69. The molecule has 0 spiro atoms. The predicted molar refractivity (Wildman–Crippen MR) is 133 cm³/mol. The SMILES string of the molecule is C=CC(=O)Nc1cccc(C(=O)c2nnc(NC3=C(OC)C=C(N4CCN(C)CC4)CC3)s2)c1. The van der Waals surface area contributed by atoms with Crippen LogP contribution in [0.3, 0.4) is 0 Å². The molecule has 0 bridgehead atoms. The highest BCUT2D eigenvalue weighted by atomic mass is 32.1. The Kier molecular flexibility index (Phi) is 7.39. The van der Waals surface area contributed by atoms with E-state index in [-0.39, 0.29) is 16.7 Å². The highest BCUT2D eigenvalue weighted by molar-refractivity contribution is 7.17. The third-order valence-corrected chi connectivity index (χ3v) is 6.65. The van der Waals surface area contributed by atoms with Crippen LogP contribution in [0, 0.1) is 0 Å². The summed E-state index contributed by atoms with van der Waals surface area (Å²) in [5.74, 6) is 0.169. The van der Waals surface area contributed by atoms with E-state index >= 15 is 0 Å². The molecule has 2 aliphatic rings. The van der Waals surface area contributed by atoms with Gasteiger partial charge in [0.2, 0.25) is 16.8 Å². The van der Waals surface area contributed by atoms with E-state index in [9.17, 15) is 9.59 Å². The number of aromatic nitrogens is 2. The first-order chi connectivity index (χ1) is 16.5. The molecule has 1 aliphatic carbocycles. The lowest BCUT2D eigenvalue weighted by Gasteiger charge is -2.37. The number of carbonyl (C=O) groups excluding carboxylic acids is 2. The zero-order valence-corrected chi connectivity index (χ0v) is 20.2. The number of rotatable bonds is 8. The molecular weight excluding hydrogens is 452 g/mol. The lowest BCUT2D eigenvalue weighted by Crippen LogP contribution is -2.44. The molecule has 2 heterocycles. The quantitative estimate of drug-likeness (QED) is 0.439. The average molecular weight is 481 g/mol. The molecule has 2 N–H and O–H groups in total. The van der Waals surface area contributed by atoms with Crippen LogP contribution in [0.2, 0.25) is 0 Å². The fourth-order valence-corrected chi connectivity index (χ4v) is 4.62. The first-order valence-electron chi connectivity index (χ1n) is 11.1. The van der Waals surface area contributed by atoms with Gasteiger partial charge in [0.1, 0.15) is 5.76 Å². The minimum atomic E-state index is -0.341. The lowest BCUT2D eigenvalue weighted by atomic mass is 10.0. The van der Waals surface area contributed by atoms with E-state index in [1.807, 2.05) is 0 Å². The van der Waals surface area contributed by atoms with Gasteiger partial charge in [0.25, 0.3) is 0 Å². The average Bonchev–Trinajstić information content (AvgIpc) is 3.33. The van der Waals surface area contributed by atoms with Crippen LogP contribution in [0.4, 0.5) is 10.8 Å². The summed E-state index contributed by atoms with van der Waals surface area (Å²) in [4.78, 5) is 29.2. The second-order valence-corrected chi connectivity index (χ2v) is 9.09. The number of methoxy groups -OCH3 is 1. The van der Waals surface area contributed by atoms with Crippen molar-refractivity contribution in [1.82, 2.24) is 20.0 Å². The Bertz CT molecular complexity index is 1150. The van der Waals surface area contributed by atoms with Gasteiger partial charge in [-0.2, -0.15) is 0 Å². The monoisotopic (exact) mass is 480 g/mol. The Labute approximate surface area is 202 Å². The lowest BCUT2D eigenvalue weighted by molar-refractivity contribution is -0.111. The van der Waals surface area contributed by atoms with Crippen molar-refractivity contribution in [2.75, 3.05) is 51.0 Å². The van der Waals surface area contributed by atoms with Crippen LogP contribution in [-0.4, -0.2) is 72.0 Å². The summed E-state index contributed by atoms with van der Waals surface area (Å²) in [6.45, 7) is 7.57. The number of amides is 1. The normalized spacial score (nSPS) is 16.6. The Morgan fingerprint density at radius 2 is 1.97 bits per heavy atom. The molecule has 9 nitrogen and oxygen atoms in total. The van der Waals surface area contributed by atoms with Crippen molar-refractivity contribution in [3.8, 4) is 0 Å². The number of nitrogens with zero attached hydrogens (tertiary/aromatic N) is 4. The number of carbonyl (C=O) groups is 2. The molecule has 1 saturated heterocycles. The van der Waals surface area contributed by atoms with E-state index in [1.54, 1.807) is 31.4 Å². The van der Waals surface area contributed by atoms with Crippen molar-refractivity contribution in [3.63, 3.8) is 0 Å². The number of piperazine rings is 1. The molecule has 34 heavy (non-hydrogen) atoms. The first kappa shape index (κ1) is 23.7. The molecule has 10 heteroatoms. The Hall–Kier alpha value is -3.50. The fourth-order valence-electron chi connectivity index (χ4n) is 3.89. The van der Waals surface area contributed by atoms with Gasteiger partial charge in [-0.25, -0.2) is 0 Å². The topological polar surface area (TPSA) is 99.7 Å². The first-order valence-corrected chi connectivity index (χ1v) is 11.9. The maximum atomic E-state index is 12.9. The van der Waals surface area contributed by atoms with Gasteiger partial charge in [0.05, 0.1) is 12.8 Å². The Balaban J connectivity index is 1.46. The van der Waals surface area contributed by atoms with Crippen molar-refractivity contribution in [2.24, 2.45) is 0 Å². The van der Waals surface area contributed by atoms with Gasteiger partial charge in [-0.15, -0.1) is 10.2 Å². The third kappa shape index (κ3) is 5.52. The summed E-state index contributed by atoms with van der Waals surface area (Å²) in [6.07, 6.45) is 4.96. The summed E-state index contributed by atoms with van der Waals surface area (Å²) >= 11 is 1.18. The van der Waals surface area contributed by atoms with E-state index < -0.39 is 0 Å². The molecule has 0 atom stereocenters. The standard InChI is InChI=1S/C24H28N6O3S/c1-4-21(31)25-17-7-5-6-16(14-17)22(32)23-27-28-24(34-23)26-19-9-8-18(15-20(19)33-3)30-12-10-29(2)11-13-30/h4-7,14-15H,1,8-13H2,2-3H3,(H,25,31)(H,26,28).